The van der Waals surface area contributed by atoms with Crippen LogP contribution in [0.3, 0.4) is 0 Å². The van der Waals surface area contributed by atoms with Gasteiger partial charge in [-0.3, -0.25) is 14.4 Å². The predicted molar refractivity (Wildman–Crippen MR) is 99.7 cm³/mol. The average molecular weight is 405 g/mol. The van der Waals surface area contributed by atoms with Crippen molar-refractivity contribution in [2.45, 2.75) is 9.79 Å². The van der Waals surface area contributed by atoms with E-state index in [9.17, 15) is 22.8 Å². The van der Waals surface area contributed by atoms with Crippen molar-refractivity contribution in [3.8, 4) is 0 Å². The van der Waals surface area contributed by atoms with Gasteiger partial charge in [0.05, 0.1) is 17.0 Å². The Hall–Kier alpha value is -2.85. The molecule has 10 heteroatoms. The molecule has 1 aliphatic heterocycles. The first-order valence-corrected chi connectivity index (χ1v) is 10.2. The van der Waals surface area contributed by atoms with Gasteiger partial charge >= 0.3 is 0 Å². The Morgan fingerprint density at radius 2 is 1.74 bits per heavy atom. The first-order chi connectivity index (χ1) is 12.8. The Bertz CT molecular complexity index is 1040. The number of para-hydroxylation sites is 1. The van der Waals surface area contributed by atoms with Crippen molar-refractivity contribution in [2.75, 3.05) is 17.6 Å². The van der Waals surface area contributed by atoms with Crippen LogP contribution in [0.1, 0.15) is 10.4 Å². The summed E-state index contributed by atoms with van der Waals surface area (Å²) in [6, 6.07) is 12.5. The summed E-state index contributed by atoms with van der Waals surface area (Å²) in [5, 5.41) is 2.58. The number of carbonyl (C=O) groups is 3. The van der Waals surface area contributed by atoms with Crippen molar-refractivity contribution in [3.63, 3.8) is 0 Å². The number of benzene rings is 2. The second-order valence-corrected chi connectivity index (χ2v) is 8.46. The van der Waals surface area contributed by atoms with E-state index in [0.29, 0.717) is 14.9 Å². The predicted octanol–water partition coefficient (Wildman–Crippen LogP) is 1.05. The van der Waals surface area contributed by atoms with Gasteiger partial charge in [-0.25, -0.2) is 12.7 Å². The lowest BCUT2D eigenvalue weighted by molar-refractivity contribution is -0.116. The molecular weight excluding hydrogens is 390 g/mol. The Morgan fingerprint density at radius 1 is 1.07 bits per heavy atom. The summed E-state index contributed by atoms with van der Waals surface area (Å²) < 4.78 is 25.5. The number of hydrogen-bond donors (Lipinski definition) is 2. The third kappa shape index (κ3) is 3.81. The molecule has 1 heterocycles. The Kier molecular flexibility index (Phi) is 5.19. The number of amides is 3. The molecule has 140 valence electrons. The molecular formula is C17H15N3O5S2. The maximum Gasteiger partial charge on any atom is 0.269 e. The summed E-state index contributed by atoms with van der Waals surface area (Å²) >= 11 is 1.14. The summed E-state index contributed by atoms with van der Waals surface area (Å²) in [5.74, 6) is -1.89. The van der Waals surface area contributed by atoms with E-state index in [1.807, 2.05) is 0 Å². The summed E-state index contributed by atoms with van der Waals surface area (Å²) in [5.41, 5.74) is 5.57. The molecule has 3 N–H and O–H groups in total. The molecule has 0 saturated carbocycles. The van der Waals surface area contributed by atoms with E-state index in [1.165, 1.54) is 18.2 Å². The van der Waals surface area contributed by atoms with Gasteiger partial charge in [-0.15, -0.1) is 11.8 Å². The maximum absolute atomic E-state index is 12.5. The van der Waals surface area contributed by atoms with Crippen molar-refractivity contribution in [1.29, 1.82) is 0 Å². The largest absolute Gasteiger partial charge is 0.369 e. The molecule has 27 heavy (non-hydrogen) atoms. The topological polar surface area (TPSA) is 127 Å². The molecule has 8 nitrogen and oxygen atoms in total. The van der Waals surface area contributed by atoms with Gasteiger partial charge in [0, 0.05) is 4.90 Å². The highest BCUT2D eigenvalue weighted by molar-refractivity contribution is 8.00. The third-order valence-corrected chi connectivity index (χ3v) is 6.61. The van der Waals surface area contributed by atoms with E-state index in [1.54, 1.807) is 30.3 Å². The van der Waals surface area contributed by atoms with Gasteiger partial charge in [0.25, 0.3) is 15.9 Å². The average Bonchev–Trinajstić information content (AvgIpc) is 2.82. The lowest BCUT2D eigenvalue weighted by Gasteiger charge is -2.16. The number of primary amides is 1. The summed E-state index contributed by atoms with van der Waals surface area (Å²) in [7, 11) is -4.06. The Balaban J connectivity index is 1.76. The molecule has 0 atom stereocenters. The molecule has 2 aromatic carbocycles. The first kappa shape index (κ1) is 18.9. The molecule has 2 aromatic rings. The molecule has 3 amide bonds. The monoisotopic (exact) mass is 405 g/mol. The van der Waals surface area contributed by atoms with Crippen molar-refractivity contribution >= 4 is 45.2 Å². The van der Waals surface area contributed by atoms with E-state index in [4.69, 9.17) is 5.73 Å². The number of rotatable bonds is 6. The second kappa shape index (κ2) is 7.41. The van der Waals surface area contributed by atoms with E-state index < -0.39 is 34.3 Å². The summed E-state index contributed by atoms with van der Waals surface area (Å²) in [6.07, 6.45) is 0. The number of anilines is 1. The van der Waals surface area contributed by atoms with E-state index in [0.717, 1.165) is 11.8 Å². The lowest BCUT2D eigenvalue weighted by atomic mass is 10.2. The molecule has 0 fully saturated rings. The van der Waals surface area contributed by atoms with Gasteiger partial charge in [0.1, 0.15) is 11.4 Å². The van der Waals surface area contributed by atoms with Crippen LogP contribution in [0.5, 0.6) is 0 Å². The molecule has 0 aromatic heterocycles. The van der Waals surface area contributed by atoms with Crippen LogP contribution < -0.4 is 11.1 Å². The van der Waals surface area contributed by atoms with Gasteiger partial charge in [0.15, 0.2) is 0 Å². The molecule has 0 radical (unpaired) electrons. The van der Waals surface area contributed by atoms with Gasteiger partial charge in [-0.05, 0) is 24.3 Å². The fourth-order valence-corrected chi connectivity index (χ4v) is 4.82. The van der Waals surface area contributed by atoms with Gasteiger partial charge in [-0.1, -0.05) is 24.3 Å². The molecule has 0 aliphatic carbocycles. The minimum Gasteiger partial charge on any atom is -0.369 e. The molecule has 0 spiro atoms. The van der Waals surface area contributed by atoms with Crippen molar-refractivity contribution in [3.05, 3.63) is 54.1 Å². The van der Waals surface area contributed by atoms with E-state index >= 15 is 0 Å². The minimum atomic E-state index is -4.06. The number of thioether (sulfide) groups is 1. The van der Waals surface area contributed by atoms with Crippen LogP contribution >= 0.6 is 11.8 Å². The van der Waals surface area contributed by atoms with Gasteiger partial charge in [-0.2, -0.15) is 0 Å². The number of nitrogens with one attached hydrogen (secondary N) is 1. The lowest BCUT2D eigenvalue weighted by Crippen LogP contribution is -2.37. The number of nitrogens with two attached hydrogens (primary N) is 1. The molecule has 1 aliphatic rings. The maximum atomic E-state index is 12.5. The third-order valence-electron chi connectivity index (χ3n) is 3.73. The van der Waals surface area contributed by atoms with Crippen LogP contribution in [-0.2, 0) is 19.6 Å². The van der Waals surface area contributed by atoms with Crippen LogP contribution in [-0.4, -0.2) is 42.7 Å². The van der Waals surface area contributed by atoms with Gasteiger partial charge < -0.3 is 11.1 Å². The van der Waals surface area contributed by atoms with Crippen LogP contribution in [0.4, 0.5) is 5.69 Å². The van der Waals surface area contributed by atoms with Crippen LogP contribution in [0, 0.1) is 0 Å². The highest BCUT2D eigenvalue weighted by atomic mass is 32.2. The van der Waals surface area contributed by atoms with E-state index in [2.05, 4.69) is 5.32 Å². The number of carbonyl (C=O) groups excluding carboxylic acids is 3. The highest BCUT2D eigenvalue weighted by Gasteiger charge is 2.41. The smallest absolute Gasteiger partial charge is 0.269 e. The zero-order chi connectivity index (χ0) is 19.6. The Morgan fingerprint density at radius 3 is 2.44 bits per heavy atom. The number of sulfonamides is 1. The SMILES string of the molecule is NC(=O)CSc1ccccc1NC(=O)CN1C(=O)c2ccccc2S1(=O)=O. The van der Waals surface area contributed by atoms with Crippen molar-refractivity contribution < 1.29 is 22.8 Å². The van der Waals surface area contributed by atoms with Gasteiger partial charge in [0.2, 0.25) is 11.8 Å². The van der Waals surface area contributed by atoms with Crippen molar-refractivity contribution in [2.24, 2.45) is 5.73 Å². The highest BCUT2D eigenvalue weighted by Crippen LogP contribution is 2.30. The van der Waals surface area contributed by atoms with Crippen LogP contribution in [0.2, 0.25) is 0 Å². The fraction of sp³-hybridized carbons (Fsp3) is 0.118. The number of hydrogen-bond acceptors (Lipinski definition) is 6. The van der Waals surface area contributed by atoms with Crippen LogP contribution in [0.25, 0.3) is 0 Å². The Labute approximate surface area is 159 Å². The van der Waals surface area contributed by atoms with Crippen LogP contribution in [0.15, 0.2) is 58.3 Å². The molecule has 0 saturated heterocycles. The standard InChI is InChI=1S/C17H15N3O5S2/c18-15(21)10-26-13-7-3-2-6-12(13)19-16(22)9-20-17(23)11-5-1-4-8-14(11)27(20,24)25/h1-8H,9-10H2,(H2,18,21)(H,19,22). The van der Waals surface area contributed by atoms with E-state index in [-0.39, 0.29) is 16.2 Å². The summed E-state index contributed by atoms with van der Waals surface area (Å²) in [6.45, 7) is -0.648. The minimum absolute atomic E-state index is 0.0290. The number of fused-ring (bicyclic) bond motifs is 1. The molecule has 0 bridgehead atoms. The zero-order valence-corrected chi connectivity index (χ0v) is 15.5. The quantitative estimate of drug-likeness (QED) is 0.692. The second-order valence-electron chi connectivity index (χ2n) is 5.61. The first-order valence-electron chi connectivity index (χ1n) is 7.77. The van der Waals surface area contributed by atoms with Crippen molar-refractivity contribution in [1.82, 2.24) is 4.31 Å². The molecule has 3 rings (SSSR count). The number of nitrogens with zero attached hydrogens (tertiary/aromatic N) is 1. The zero-order valence-electron chi connectivity index (χ0n) is 13.9. The molecule has 0 unspecified atom stereocenters. The summed E-state index contributed by atoms with van der Waals surface area (Å²) in [4.78, 5) is 36.2. The fourth-order valence-electron chi connectivity index (χ4n) is 2.55. The normalized spacial score (nSPS) is 14.7.